The van der Waals surface area contributed by atoms with Crippen molar-refractivity contribution in [1.82, 2.24) is 14.7 Å². The van der Waals surface area contributed by atoms with Crippen LogP contribution in [-0.4, -0.2) is 46.1 Å². The molecule has 2 aliphatic rings. The summed E-state index contributed by atoms with van der Waals surface area (Å²) in [5.41, 5.74) is 2.60. The molecule has 0 spiro atoms. The lowest BCUT2D eigenvalue weighted by molar-refractivity contribution is -0.122. The van der Waals surface area contributed by atoms with Gasteiger partial charge in [0.25, 0.3) is 0 Å². The maximum atomic E-state index is 12.9. The molecular formula is C18H21N5O2. The van der Waals surface area contributed by atoms with E-state index in [0.717, 1.165) is 30.6 Å². The molecule has 3 heterocycles. The number of nitrogens with one attached hydrogen (secondary N) is 1. The average molecular weight is 339 g/mol. The Balaban J connectivity index is 1.53. The van der Waals surface area contributed by atoms with Crippen LogP contribution in [0.15, 0.2) is 36.7 Å². The number of carbonyl (C=O) groups is 2. The summed E-state index contributed by atoms with van der Waals surface area (Å²) in [6.07, 6.45) is 5.97. The molecule has 0 radical (unpaired) electrons. The molecule has 1 aromatic heterocycles. The molecule has 1 aromatic carbocycles. The molecule has 7 heteroatoms. The van der Waals surface area contributed by atoms with Crippen molar-refractivity contribution in [3.05, 3.63) is 42.2 Å². The van der Waals surface area contributed by atoms with E-state index in [1.54, 1.807) is 9.58 Å². The number of likely N-dealkylation sites (tertiary alicyclic amines) is 1. The highest BCUT2D eigenvalue weighted by molar-refractivity contribution is 6.10. The lowest BCUT2D eigenvalue weighted by Crippen LogP contribution is -2.46. The van der Waals surface area contributed by atoms with Gasteiger partial charge in [0.15, 0.2) is 0 Å². The second-order valence-electron chi connectivity index (χ2n) is 6.62. The molecule has 2 aliphatic heterocycles. The summed E-state index contributed by atoms with van der Waals surface area (Å²) in [5.74, 6) is -0.199. The van der Waals surface area contributed by atoms with E-state index in [2.05, 4.69) is 15.3 Å². The number of aromatic nitrogens is 2. The Morgan fingerprint density at radius 1 is 1.36 bits per heavy atom. The van der Waals surface area contributed by atoms with Crippen LogP contribution in [-0.2, 0) is 16.6 Å². The van der Waals surface area contributed by atoms with Crippen molar-refractivity contribution in [2.45, 2.75) is 18.9 Å². The maximum absolute atomic E-state index is 12.9. The number of nitrogens with zero attached hydrogens (tertiary/aromatic N) is 4. The molecule has 0 aliphatic carbocycles. The van der Waals surface area contributed by atoms with Gasteiger partial charge in [-0.25, -0.2) is 0 Å². The van der Waals surface area contributed by atoms with Gasteiger partial charge in [-0.15, -0.1) is 0 Å². The molecule has 1 atom stereocenters. The van der Waals surface area contributed by atoms with Gasteiger partial charge in [-0.1, -0.05) is 12.1 Å². The SMILES string of the molecule is Cn1cc(C2CCCN2CC(=O)N2CC(=O)Nc3ccccc32)cn1. The molecule has 2 aromatic rings. The minimum Gasteiger partial charge on any atom is -0.323 e. The highest BCUT2D eigenvalue weighted by Crippen LogP contribution is 2.33. The lowest BCUT2D eigenvalue weighted by atomic mass is 10.1. The van der Waals surface area contributed by atoms with E-state index in [0.29, 0.717) is 12.2 Å². The normalized spacial score (nSPS) is 20.4. The van der Waals surface area contributed by atoms with Crippen LogP contribution in [0.25, 0.3) is 0 Å². The molecule has 2 amide bonds. The summed E-state index contributed by atoms with van der Waals surface area (Å²) >= 11 is 0. The van der Waals surface area contributed by atoms with Crippen LogP contribution in [0.1, 0.15) is 24.4 Å². The van der Waals surface area contributed by atoms with Crippen molar-refractivity contribution >= 4 is 23.2 Å². The van der Waals surface area contributed by atoms with Crippen molar-refractivity contribution in [1.29, 1.82) is 0 Å². The summed E-state index contributed by atoms with van der Waals surface area (Å²) in [7, 11) is 1.90. The summed E-state index contributed by atoms with van der Waals surface area (Å²) < 4.78 is 1.79. The van der Waals surface area contributed by atoms with Crippen molar-refractivity contribution < 1.29 is 9.59 Å². The van der Waals surface area contributed by atoms with E-state index in [-0.39, 0.29) is 24.4 Å². The fraction of sp³-hybridized carbons (Fsp3) is 0.389. The third kappa shape index (κ3) is 3.02. The highest BCUT2D eigenvalue weighted by atomic mass is 16.2. The Bertz CT molecular complexity index is 815. The van der Waals surface area contributed by atoms with E-state index in [1.807, 2.05) is 43.7 Å². The third-order valence-corrected chi connectivity index (χ3v) is 4.88. The van der Waals surface area contributed by atoms with E-state index < -0.39 is 0 Å². The lowest BCUT2D eigenvalue weighted by Gasteiger charge is -2.31. The number of anilines is 2. The van der Waals surface area contributed by atoms with E-state index in [4.69, 9.17) is 0 Å². The van der Waals surface area contributed by atoms with Crippen LogP contribution in [0.5, 0.6) is 0 Å². The molecule has 1 N–H and O–H groups in total. The number of benzene rings is 1. The molecule has 130 valence electrons. The minimum atomic E-state index is -0.155. The minimum absolute atomic E-state index is 0.0434. The van der Waals surface area contributed by atoms with Gasteiger partial charge in [-0.05, 0) is 31.5 Å². The first-order chi connectivity index (χ1) is 12.1. The van der Waals surface area contributed by atoms with Gasteiger partial charge in [-0.2, -0.15) is 5.10 Å². The fourth-order valence-corrected chi connectivity index (χ4v) is 3.72. The molecule has 1 unspecified atom stereocenters. The predicted octanol–water partition coefficient (Wildman–Crippen LogP) is 1.54. The summed E-state index contributed by atoms with van der Waals surface area (Å²) in [6, 6.07) is 7.64. The van der Waals surface area contributed by atoms with Gasteiger partial charge in [0.2, 0.25) is 11.8 Å². The number of carbonyl (C=O) groups excluding carboxylic acids is 2. The maximum Gasteiger partial charge on any atom is 0.244 e. The predicted molar refractivity (Wildman–Crippen MR) is 94.2 cm³/mol. The van der Waals surface area contributed by atoms with Crippen LogP contribution in [0.2, 0.25) is 0 Å². The number of rotatable bonds is 3. The van der Waals surface area contributed by atoms with Crippen LogP contribution in [0.4, 0.5) is 11.4 Å². The number of para-hydroxylation sites is 2. The number of amides is 2. The van der Waals surface area contributed by atoms with Gasteiger partial charge < -0.3 is 5.32 Å². The Kier molecular flexibility index (Phi) is 4.01. The Hall–Kier alpha value is -2.67. The highest BCUT2D eigenvalue weighted by Gasteiger charge is 2.32. The number of fused-ring (bicyclic) bond motifs is 1. The Morgan fingerprint density at radius 3 is 3.00 bits per heavy atom. The fourth-order valence-electron chi connectivity index (χ4n) is 3.72. The van der Waals surface area contributed by atoms with Crippen LogP contribution < -0.4 is 10.2 Å². The standard InChI is InChI=1S/C18H21N5O2/c1-21-10-13(9-19-21)15-7-4-8-22(15)12-18(25)23-11-17(24)20-14-5-2-3-6-16(14)23/h2-3,5-6,9-10,15H,4,7-8,11-12H2,1H3,(H,20,24). The number of hydrogen-bond acceptors (Lipinski definition) is 4. The van der Waals surface area contributed by atoms with Gasteiger partial charge in [0.1, 0.15) is 6.54 Å². The first-order valence-corrected chi connectivity index (χ1v) is 8.53. The second kappa shape index (κ2) is 6.33. The number of aryl methyl sites for hydroxylation is 1. The molecule has 0 bridgehead atoms. The van der Waals surface area contributed by atoms with Crippen molar-refractivity contribution in [2.24, 2.45) is 7.05 Å². The van der Waals surface area contributed by atoms with E-state index in [1.165, 1.54) is 0 Å². The van der Waals surface area contributed by atoms with Crippen molar-refractivity contribution in [3.8, 4) is 0 Å². The Labute approximate surface area is 146 Å². The van der Waals surface area contributed by atoms with Gasteiger partial charge >= 0.3 is 0 Å². The zero-order chi connectivity index (χ0) is 17.4. The molecule has 1 fully saturated rings. The van der Waals surface area contributed by atoms with Gasteiger partial charge in [-0.3, -0.25) is 24.1 Å². The molecular weight excluding hydrogens is 318 g/mol. The van der Waals surface area contributed by atoms with Gasteiger partial charge in [0.05, 0.1) is 24.1 Å². The monoisotopic (exact) mass is 339 g/mol. The summed E-state index contributed by atoms with van der Waals surface area (Å²) in [5, 5.41) is 7.06. The smallest absolute Gasteiger partial charge is 0.244 e. The molecule has 25 heavy (non-hydrogen) atoms. The molecule has 4 rings (SSSR count). The quantitative estimate of drug-likeness (QED) is 0.921. The third-order valence-electron chi connectivity index (χ3n) is 4.88. The van der Waals surface area contributed by atoms with Crippen molar-refractivity contribution in [3.63, 3.8) is 0 Å². The van der Waals surface area contributed by atoms with Crippen LogP contribution in [0, 0.1) is 0 Å². The zero-order valence-corrected chi connectivity index (χ0v) is 14.2. The average Bonchev–Trinajstić information content (AvgIpc) is 3.22. The molecule has 0 saturated carbocycles. The topological polar surface area (TPSA) is 70.5 Å². The second-order valence-corrected chi connectivity index (χ2v) is 6.62. The zero-order valence-electron chi connectivity index (χ0n) is 14.2. The Morgan fingerprint density at radius 2 is 2.20 bits per heavy atom. The largest absolute Gasteiger partial charge is 0.323 e. The first-order valence-electron chi connectivity index (χ1n) is 8.53. The van der Waals surface area contributed by atoms with Crippen LogP contribution in [0.3, 0.4) is 0 Å². The van der Waals surface area contributed by atoms with E-state index in [9.17, 15) is 9.59 Å². The van der Waals surface area contributed by atoms with E-state index >= 15 is 0 Å². The first kappa shape index (κ1) is 15.8. The van der Waals surface area contributed by atoms with Crippen LogP contribution >= 0.6 is 0 Å². The molecule has 7 nitrogen and oxygen atoms in total. The summed E-state index contributed by atoms with van der Waals surface area (Å²) in [6.45, 7) is 1.26. The summed E-state index contributed by atoms with van der Waals surface area (Å²) in [4.78, 5) is 28.6. The van der Waals surface area contributed by atoms with Gasteiger partial charge in [0, 0.05) is 24.8 Å². The number of hydrogen-bond donors (Lipinski definition) is 1. The van der Waals surface area contributed by atoms with Crippen molar-refractivity contribution in [2.75, 3.05) is 29.9 Å². The molecule has 1 saturated heterocycles.